The minimum absolute atomic E-state index is 0.0709. The van der Waals surface area contributed by atoms with Crippen molar-refractivity contribution in [3.8, 4) is 0 Å². The number of aliphatic hydroxyl groups excluding tert-OH is 1. The van der Waals surface area contributed by atoms with Gasteiger partial charge in [0.25, 0.3) is 0 Å². The van der Waals surface area contributed by atoms with E-state index in [0.29, 0.717) is 13.2 Å². The van der Waals surface area contributed by atoms with Gasteiger partial charge in [-0.3, -0.25) is 9.13 Å². The number of ether oxygens (including phenoxy) is 3. The minimum Gasteiger partial charge on any atom is -0.394 e. The molecule has 0 fully saturated rings. The Labute approximate surface area is 275 Å². The third kappa shape index (κ3) is 19.5. The van der Waals surface area contributed by atoms with Crippen molar-refractivity contribution in [2.45, 2.75) is 122 Å². The second kappa shape index (κ2) is 25.0. The van der Waals surface area contributed by atoms with Crippen molar-refractivity contribution in [2.75, 3.05) is 38.5 Å². The molecule has 0 saturated heterocycles. The molecule has 2 rings (SSSR count). The van der Waals surface area contributed by atoms with E-state index in [9.17, 15) is 19.4 Å². The molecule has 0 aliphatic carbocycles. The zero-order valence-electron chi connectivity index (χ0n) is 27.8. The van der Waals surface area contributed by atoms with Gasteiger partial charge < -0.3 is 34.5 Å². The van der Waals surface area contributed by atoms with Crippen LogP contribution in [0.3, 0.4) is 0 Å². The molecule has 12 heteroatoms. The van der Waals surface area contributed by atoms with E-state index in [1.807, 2.05) is 30.3 Å². The van der Waals surface area contributed by atoms with E-state index in [0.717, 1.165) is 18.4 Å². The zero-order valence-corrected chi connectivity index (χ0v) is 28.7. The average molecular weight is 668 g/mol. The fraction of sp³-hybridized carbons (Fsp3) is 0.706. The summed E-state index contributed by atoms with van der Waals surface area (Å²) >= 11 is 0. The summed E-state index contributed by atoms with van der Waals surface area (Å²) in [5.74, 6) is 0.0728. The number of nitrogen functional groups attached to an aromatic ring is 1. The molecule has 262 valence electrons. The molecule has 0 saturated carbocycles. The first-order valence-electron chi connectivity index (χ1n) is 17.1. The maximum Gasteiger partial charge on any atom is 0.353 e. The molecule has 3 atom stereocenters. The molecule has 0 amide bonds. The van der Waals surface area contributed by atoms with Crippen LogP contribution in [0.2, 0.25) is 0 Å². The summed E-state index contributed by atoms with van der Waals surface area (Å²) in [6.45, 7) is 2.65. The molecule has 0 aliphatic heterocycles. The van der Waals surface area contributed by atoms with Gasteiger partial charge in [0.1, 0.15) is 18.3 Å². The molecule has 2 unspecified atom stereocenters. The van der Waals surface area contributed by atoms with E-state index in [4.69, 9.17) is 24.5 Å². The van der Waals surface area contributed by atoms with E-state index in [1.54, 1.807) is 0 Å². The van der Waals surface area contributed by atoms with Crippen LogP contribution in [0.1, 0.15) is 102 Å². The van der Waals surface area contributed by atoms with Crippen molar-refractivity contribution in [1.82, 2.24) is 9.55 Å². The second-order valence-electron chi connectivity index (χ2n) is 11.9. The van der Waals surface area contributed by atoms with E-state index in [-0.39, 0.29) is 25.6 Å². The lowest BCUT2D eigenvalue weighted by Gasteiger charge is -2.22. The Morgan fingerprint density at radius 1 is 0.848 bits per heavy atom. The van der Waals surface area contributed by atoms with Gasteiger partial charge >= 0.3 is 13.3 Å². The Balaban J connectivity index is 1.66. The highest BCUT2D eigenvalue weighted by Gasteiger charge is 2.25. The molecular weight excluding hydrogens is 609 g/mol. The van der Waals surface area contributed by atoms with Crippen molar-refractivity contribution >= 4 is 13.4 Å². The Kier molecular flexibility index (Phi) is 21.8. The predicted octanol–water partition coefficient (Wildman–Crippen LogP) is 6.45. The first-order valence-corrected chi connectivity index (χ1v) is 18.8. The van der Waals surface area contributed by atoms with Crippen LogP contribution >= 0.6 is 7.60 Å². The summed E-state index contributed by atoms with van der Waals surface area (Å²) in [5.41, 5.74) is 5.86. The predicted molar refractivity (Wildman–Crippen MR) is 182 cm³/mol. The molecule has 46 heavy (non-hydrogen) atoms. The molecule has 1 aromatic carbocycles. The standard InChI is InChI=1S/C34H58N3O8P/c1-2-3-4-5-6-7-8-9-10-11-12-13-14-18-23-42-27-32(43-26-30-19-16-15-17-20-30)28-45-46(40,41)29-44-31(25-38)24-37-22-21-33(35)36-34(37)39/h15-17,19-22,31-32,38H,2-14,18,23-29H2,1H3,(H,40,41)(H2,35,36,39)/t31-,32?/m0/s1. The van der Waals surface area contributed by atoms with Gasteiger partial charge in [-0.05, 0) is 18.1 Å². The largest absolute Gasteiger partial charge is 0.394 e. The molecule has 0 spiro atoms. The first-order chi connectivity index (χ1) is 22.3. The highest BCUT2D eigenvalue weighted by Crippen LogP contribution is 2.42. The zero-order chi connectivity index (χ0) is 33.3. The molecule has 0 aliphatic rings. The number of nitrogens with two attached hydrogens (primary N) is 1. The molecule has 0 radical (unpaired) electrons. The van der Waals surface area contributed by atoms with E-state index in [1.165, 1.54) is 93.9 Å². The second-order valence-corrected chi connectivity index (χ2v) is 13.7. The number of nitrogens with zero attached hydrogens (tertiary/aromatic N) is 2. The van der Waals surface area contributed by atoms with Gasteiger partial charge in [-0.25, -0.2) is 4.79 Å². The normalized spacial score (nSPS) is 14.2. The number of unbranched alkanes of at least 4 members (excludes halogenated alkanes) is 13. The highest BCUT2D eigenvalue weighted by molar-refractivity contribution is 7.52. The van der Waals surface area contributed by atoms with Gasteiger partial charge in [0, 0.05) is 12.8 Å². The Hall–Kier alpha value is -2.11. The van der Waals surface area contributed by atoms with Gasteiger partial charge in [-0.1, -0.05) is 121 Å². The topological polar surface area (TPSA) is 155 Å². The average Bonchev–Trinajstić information content (AvgIpc) is 3.05. The molecular formula is C34H58N3O8P. The number of rotatable bonds is 29. The number of aliphatic hydroxyl groups is 1. The van der Waals surface area contributed by atoms with Crippen LogP contribution in [-0.2, 0) is 36.5 Å². The summed E-state index contributed by atoms with van der Waals surface area (Å²) in [7, 11) is -4.20. The number of aromatic nitrogens is 2. The third-order valence-electron chi connectivity index (χ3n) is 7.71. The monoisotopic (exact) mass is 667 g/mol. The van der Waals surface area contributed by atoms with Gasteiger partial charge in [0.15, 0.2) is 0 Å². The molecule has 1 aromatic heterocycles. The molecule has 4 N–H and O–H groups in total. The Morgan fingerprint density at radius 3 is 2.04 bits per heavy atom. The lowest BCUT2D eigenvalue weighted by atomic mass is 10.0. The number of hydrogen-bond acceptors (Lipinski definition) is 9. The Bertz CT molecular complexity index is 1140. The van der Waals surface area contributed by atoms with Crippen molar-refractivity contribution < 1.29 is 33.3 Å². The minimum atomic E-state index is -4.20. The van der Waals surface area contributed by atoms with Crippen molar-refractivity contribution in [3.05, 3.63) is 58.6 Å². The van der Waals surface area contributed by atoms with Crippen LogP contribution in [0, 0.1) is 0 Å². The van der Waals surface area contributed by atoms with Gasteiger partial charge in [0.05, 0.1) is 39.1 Å². The van der Waals surface area contributed by atoms with E-state index >= 15 is 0 Å². The smallest absolute Gasteiger partial charge is 0.353 e. The van der Waals surface area contributed by atoms with Crippen LogP contribution in [0.15, 0.2) is 47.4 Å². The summed E-state index contributed by atoms with van der Waals surface area (Å²) in [4.78, 5) is 26.0. The lowest BCUT2D eigenvalue weighted by Crippen LogP contribution is -2.32. The number of anilines is 1. The first kappa shape index (κ1) is 40.1. The van der Waals surface area contributed by atoms with Crippen LogP contribution < -0.4 is 11.4 Å². The molecule has 2 aromatic rings. The maximum atomic E-state index is 12.7. The van der Waals surface area contributed by atoms with E-state index < -0.39 is 38.4 Å². The van der Waals surface area contributed by atoms with Crippen molar-refractivity contribution in [3.63, 3.8) is 0 Å². The summed E-state index contributed by atoms with van der Waals surface area (Å²) < 4.78 is 36.5. The molecule has 1 heterocycles. The fourth-order valence-corrected chi connectivity index (χ4v) is 5.82. The van der Waals surface area contributed by atoms with Gasteiger partial charge in [0.2, 0.25) is 0 Å². The van der Waals surface area contributed by atoms with Crippen LogP contribution in [-0.4, -0.2) is 64.5 Å². The van der Waals surface area contributed by atoms with Crippen molar-refractivity contribution in [1.29, 1.82) is 0 Å². The van der Waals surface area contributed by atoms with Crippen LogP contribution in [0.4, 0.5) is 5.82 Å². The number of benzene rings is 1. The molecule has 11 nitrogen and oxygen atoms in total. The van der Waals surface area contributed by atoms with Crippen LogP contribution in [0.5, 0.6) is 0 Å². The fourth-order valence-electron chi connectivity index (χ4n) is 4.95. The maximum absolute atomic E-state index is 12.7. The summed E-state index contributed by atoms with van der Waals surface area (Å²) in [5, 5.41) is 9.66. The molecule has 0 bridgehead atoms. The summed E-state index contributed by atoms with van der Waals surface area (Å²) in [6.07, 6.45) is 17.3. The quantitative estimate of drug-likeness (QED) is 0.0651. The van der Waals surface area contributed by atoms with Crippen molar-refractivity contribution in [2.24, 2.45) is 0 Å². The highest BCUT2D eigenvalue weighted by atomic mass is 31.2. The van der Waals surface area contributed by atoms with E-state index in [2.05, 4.69) is 11.9 Å². The SMILES string of the molecule is CCCCCCCCCCCCCCCCOCC(COP(=O)(O)CO[C@H](CO)Cn1ccc(N)nc1=O)OCc1ccccc1. The lowest BCUT2D eigenvalue weighted by molar-refractivity contribution is -0.0490. The Morgan fingerprint density at radius 2 is 1.46 bits per heavy atom. The van der Waals surface area contributed by atoms with Crippen LogP contribution in [0.25, 0.3) is 0 Å². The van der Waals surface area contributed by atoms with Gasteiger partial charge in [-0.15, -0.1) is 0 Å². The number of hydrogen-bond donors (Lipinski definition) is 3. The third-order valence-corrected chi connectivity index (χ3v) is 8.74. The summed E-state index contributed by atoms with van der Waals surface area (Å²) in [6, 6.07) is 11.1. The van der Waals surface area contributed by atoms with Gasteiger partial charge in [-0.2, -0.15) is 4.98 Å².